The molecule has 0 saturated carbocycles. The molecule has 1 aromatic rings. The summed E-state index contributed by atoms with van der Waals surface area (Å²) in [5.41, 5.74) is 6.13. The van der Waals surface area contributed by atoms with Crippen molar-refractivity contribution in [1.29, 1.82) is 0 Å². The van der Waals surface area contributed by atoms with Gasteiger partial charge in [0, 0.05) is 25.5 Å². The minimum Gasteiger partial charge on any atom is -0.386 e. The van der Waals surface area contributed by atoms with E-state index in [1.54, 1.807) is 0 Å². The van der Waals surface area contributed by atoms with Crippen LogP contribution in [0.5, 0.6) is 0 Å². The number of hydrogen-bond acceptors (Lipinski definition) is 2. The van der Waals surface area contributed by atoms with E-state index < -0.39 is 6.10 Å². The first-order chi connectivity index (χ1) is 4.75. The van der Waals surface area contributed by atoms with Crippen molar-refractivity contribution >= 4 is 0 Å². The topological polar surface area (TPSA) is 51.2 Å². The summed E-state index contributed by atoms with van der Waals surface area (Å²) in [6.07, 6.45) is 1.36. The molecule has 3 heteroatoms. The predicted molar refractivity (Wildman–Crippen MR) is 39.4 cm³/mol. The van der Waals surface area contributed by atoms with Crippen LogP contribution in [0.4, 0.5) is 0 Å². The Hall–Kier alpha value is -0.800. The van der Waals surface area contributed by atoms with E-state index in [-0.39, 0.29) is 6.54 Å². The smallest absolute Gasteiger partial charge is 0.106 e. The van der Waals surface area contributed by atoms with Crippen molar-refractivity contribution in [2.24, 2.45) is 12.8 Å². The highest BCUT2D eigenvalue weighted by atomic mass is 16.3. The lowest BCUT2D eigenvalue weighted by Crippen LogP contribution is -2.14. The van der Waals surface area contributed by atoms with Gasteiger partial charge in [-0.15, -0.1) is 0 Å². The fourth-order valence-corrected chi connectivity index (χ4v) is 0.941. The summed E-state index contributed by atoms with van der Waals surface area (Å²) in [6, 6.07) is 3.74. The van der Waals surface area contributed by atoms with Gasteiger partial charge in [0.2, 0.25) is 0 Å². The molecule has 0 radical (unpaired) electrons. The SMILES string of the molecule is Cn1cccc1[C@H](O)CN. The Morgan fingerprint density at radius 3 is 2.90 bits per heavy atom. The van der Waals surface area contributed by atoms with Gasteiger partial charge >= 0.3 is 0 Å². The van der Waals surface area contributed by atoms with Crippen molar-refractivity contribution in [3.8, 4) is 0 Å². The van der Waals surface area contributed by atoms with Gasteiger partial charge in [0.1, 0.15) is 6.10 Å². The summed E-state index contributed by atoms with van der Waals surface area (Å²) in [4.78, 5) is 0. The van der Waals surface area contributed by atoms with Crippen molar-refractivity contribution in [1.82, 2.24) is 4.57 Å². The molecule has 0 saturated heterocycles. The minimum atomic E-state index is -0.528. The Morgan fingerprint density at radius 1 is 1.80 bits per heavy atom. The fourth-order valence-electron chi connectivity index (χ4n) is 0.941. The molecule has 3 nitrogen and oxygen atoms in total. The third-order valence-corrected chi connectivity index (χ3v) is 1.55. The molecule has 0 aliphatic carbocycles. The van der Waals surface area contributed by atoms with E-state index in [9.17, 15) is 5.11 Å². The van der Waals surface area contributed by atoms with Gasteiger partial charge in [0.05, 0.1) is 0 Å². The second-order valence-electron chi connectivity index (χ2n) is 2.30. The zero-order chi connectivity index (χ0) is 7.56. The van der Waals surface area contributed by atoms with Crippen molar-refractivity contribution in [2.75, 3.05) is 6.54 Å². The van der Waals surface area contributed by atoms with Gasteiger partial charge in [-0.1, -0.05) is 0 Å². The molecule has 1 heterocycles. The molecule has 0 fully saturated rings. The molecule has 0 bridgehead atoms. The number of nitrogens with two attached hydrogens (primary N) is 1. The molecule has 0 aliphatic rings. The standard InChI is InChI=1S/C7H12N2O/c1-9-4-2-3-6(9)7(10)5-8/h2-4,7,10H,5,8H2,1H3/t7-/m1/s1. The maximum absolute atomic E-state index is 9.25. The maximum atomic E-state index is 9.25. The Kier molecular flexibility index (Phi) is 2.09. The Labute approximate surface area is 60.1 Å². The molecular weight excluding hydrogens is 128 g/mol. The zero-order valence-corrected chi connectivity index (χ0v) is 5.99. The molecule has 0 spiro atoms. The number of aliphatic hydroxyl groups is 1. The number of aliphatic hydroxyl groups excluding tert-OH is 1. The zero-order valence-electron chi connectivity index (χ0n) is 5.99. The van der Waals surface area contributed by atoms with Gasteiger partial charge in [-0.25, -0.2) is 0 Å². The highest BCUT2D eigenvalue weighted by Crippen LogP contribution is 2.09. The lowest BCUT2D eigenvalue weighted by atomic mass is 10.2. The average molecular weight is 140 g/mol. The molecule has 1 aromatic heterocycles. The monoisotopic (exact) mass is 140 g/mol. The number of aryl methyl sites for hydroxylation is 1. The molecule has 0 unspecified atom stereocenters. The predicted octanol–water partition coefficient (Wildman–Crippen LogP) is 0.0172. The molecule has 0 aromatic carbocycles. The molecule has 1 rings (SSSR count). The summed E-state index contributed by atoms with van der Waals surface area (Å²) in [5.74, 6) is 0. The number of rotatable bonds is 2. The maximum Gasteiger partial charge on any atom is 0.106 e. The number of aromatic nitrogens is 1. The van der Waals surface area contributed by atoms with E-state index in [0.717, 1.165) is 5.69 Å². The molecule has 0 amide bonds. The highest BCUT2D eigenvalue weighted by molar-refractivity contribution is 5.09. The van der Waals surface area contributed by atoms with Gasteiger partial charge in [0.25, 0.3) is 0 Å². The average Bonchev–Trinajstić information content (AvgIpc) is 2.34. The largest absolute Gasteiger partial charge is 0.386 e. The summed E-state index contributed by atoms with van der Waals surface area (Å²) >= 11 is 0. The number of nitrogens with zero attached hydrogens (tertiary/aromatic N) is 1. The summed E-state index contributed by atoms with van der Waals surface area (Å²) in [7, 11) is 1.88. The van der Waals surface area contributed by atoms with Crippen LogP contribution in [-0.2, 0) is 7.05 Å². The molecule has 1 atom stereocenters. The van der Waals surface area contributed by atoms with Crippen LogP contribution in [0, 0.1) is 0 Å². The van der Waals surface area contributed by atoms with Gasteiger partial charge < -0.3 is 15.4 Å². The third kappa shape index (κ3) is 1.20. The van der Waals surface area contributed by atoms with E-state index in [2.05, 4.69) is 0 Å². The van der Waals surface area contributed by atoms with Crippen LogP contribution in [0.1, 0.15) is 11.8 Å². The second kappa shape index (κ2) is 2.86. The van der Waals surface area contributed by atoms with Gasteiger partial charge in [-0.2, -0.15) is 0 Å². The van der Waals surface area contributed by atoms with Crippen LogP contribution in [-0.4, -0.2) is 16.2 Å². The van der Waals surface area contributed by atoms with Crippen LogP contribution in [0.15, 0.2) is 18.3 Å². The van der Waals surface area contributed by atoms with Crippen LogP contribution in [0.2, 0.25) is 0 Å². The summed E-state index contributed by atoms with van der Waals surface area (Å²) in [6.45, 7) is 0.276. The lowest BCUT2D eigenvalue weighted by Gasteiger charge is -2.07. The van der Waals surface area contributed by atoms with Gasteiger partial charge in [-0.05, 0) is 12.1 Å². The fraction of sp³-hybridized carbons (Fsp3) is 0.429. The molecule has 3 N–H and O–H groups in total. The van der Waals surface area contributed by atoms with Crippen LogP contribution < -0.4 is 5.73 Å². The van der Waals surface area contributed by atoms with Gasteiger partial charge in [-0.3, -0.25) is 0 Å². The molecule has 10 heavy (non-hydrogen) atoms. The van der Waals surface area contributed by atoms with Gasteiger partial charge in [0.15, 0.2) is 0 Å². The van der Waals surface area contributed by atoms with Crippen molar-refractivity contribution < 1.29 is 5.11 Å². The Morgan fingerprint density at radius 2 is 2.50 bits per heavy atom. The van der Waals surface area contributed by atoms with E-state index in [1.165, 1.54) is 0 Å². The molecular formula is C7H12N2O. The lowest BCUT2D eigenvalue weighted by molar-refractivity contribution is 0.178. The molecule has 56 valence electrons. The summed E-state index contributed by atoms with van der Waals surface area (Å²) in [5, 5.41) is 9.25. The van der Waals surface area contributed by atoms with E-state index >= 15 is 0 Å². The Balaban J connectivity index is 2.82. The number of hydrogen-bond donors (Lipinski definition) is 2. The Bertz CT molecular complexity index is 207. The quantitative estimate of drug-likeness (QED) is 0.608. The van der Waals surface area contributed by atoms with Crippen LogP contribution >= 0.6 is 0 Å². The molecule has 0 aliphatic heterocycles. The normalized spacial score (nSPS) is 13.5. The summed E-state index contributed by atoms with van der Waals surface area (Å²) < 4.78 is 1.86. The first-order valence-electron chi connectivity index (χ1n) is 3.25. The van der Waals surface area contributed by atoms with Crippen molar-refractivity contribution in [3.05, 3.63) is 24.0 Å². The second-order valence-corrected chi connectivity index (χ2v) is 2.30. The van der Waals surface area contributed by atoms with Crippen LogP contribution in [0.3, 0.4) is 0 Å². The minimum absolute atomic E-state index is 0.276. The van der Waals surface area contributed by atoms with Crippen molar-refractivity contribution in [3.63, 3.8) is 0 Å². The van der Waals surface area contributed by atoms with E-state index in [4.69, 9.17) is 5.73 Å². The van der Waals surface area contributed by atoms with Crippen LogP contribution in [0.25, 0.3) is 0 Å². The van der Waals surface area contributed by atoms with E-state index in [0.29, 0.717) is 0 Å². The first-order valence-corrected chi connectivity index (χ1v) is 3.25. The highest BCUT2D eigenvalue weighted by Gasteiger charge is 2.06. The van der Waals surface area contributed by atoms with Crippen molar-refractivity contribution in [2.45, 2.75) is 6.10 Å². The third-order valence-electron chi connectivity index (χ3n) is 1.55. The first kappa shape index (κ1) is 7.31. The van der Waals surface area contributed by atoms with E-state index in [1.807, 2.05) is 29.9 Å².